The first-order valence-corrected chi connectivity index (χ1v) is 5.74. The highest BCUT2D eigenvalue weighted by molar-refractivity contribution is 7.05. The number of nitrogens with zero attached hydrogens (tertiary/aromatic N) is 2. The Bertz CT molecular complexity index is 235. The zero-order valence-electron chi connectivity index (χ0n) is 8.73. The van der Waals surface area contributed by atoms with Crippen LogP contribution >= 0.6 is 11.5 Å². The fourth-order valence-electron chi connectivity index (χ4n) is 1.37. The molecule has 5 heteroatoms. The van der Waals surface area contributed by atoms with E-state index in [0.29, 0.717) is 0 Å². The van der Waals surface area contributed by atoms with Gasteiger partial charge in [0.25, 0.3) is 0 Å². The molecule has 3 N–H and O–H groups in total. The van der Waals surface area contributed by atoms with E-state index in [-0.39, 0.29) is 6.04 Å². The highest BCUT2D eigenvalue weighted by Crippen LogP contribution is 2.21. The summed E-state index contributed by atoms with van der Waals surface area (Å²) in [7, 11) is 0. The second-order valence-corrected chi connectivity index (χ2v) is 4.68. The largest absolute Gasteiger partial charge is 0.271 e. The van der Waals surface area contributed by atoms with Gasteiger partial charge in [-0.1, -0.05) is 31.2 Å². The van der Waals surface area contributed by atoms with Crippen molar-refractivity contribution >= 4 is 11.5 Å². The summed E-state index contributed by atoms with van der Waals surface area (Å²) in [6.07, 6.45) is 5.26. The number of aromatic nitrogens is 2. The first-order valence-electron chi connectivity index (χ1n) is 4.97. The fourth-order valence-corrected chi connectivity index (χ4v) is 1.96. The maximum atomic E-state index is 5.48. The Balaban J connectivity index is 2.33. The lowest BCUT2D eigenvalue weighted by molar-refractivity contribution is 0.459. The predicted octanol–water partition coefficient (Wildman–Crippen LogP) is 1.87. The molecule has 1 heterocycles. The smallest absolute Gasteiger partial charge is 0.0669 e. The van der Waals surface area contributed by atoms with Crippen molar-refractivity contribution in [3.05, 3.63) is 11.1 Å². The Kier molecular flexibility index (Phi) is 5.00. The second kappa shape index (κ2) is 6.06. The number of hydrogen-bond acceptors (Lipinski definition) is 5. The van der Waals surface area contributed by atoms with Crippen LogP contribution < -0.4 is 11.3 Å². The zero-order chi connectivity index (χ0) is 10.4. The Morgan fingerprint density at radius 1 is 1.50 bits per heavy atom. The van der Waals surface area contributed by atoms with Gasteiger partial charge in [-0.3, -0.25) is 11.3 Å². The van der Waals surface area contributed by atoms with Crippen LogP contribution in [0.15, 0.2) is 6.20 Å². The van der Waals surface area contributed by atoms with Crippen LogP contribution in [0.25, 0.3) is 0 Å². The maximum Gasteiger partial charge on any atom is 0.0669 e. The lowest BCUT2D eigenvalue weighted by Gasteiger charge is -2.13. The first-order chi connectivity index (χ1) is 6.74. The molecule has 80 valence electrons. The van der Waals surface area contributed by atoms with Gasteiger partial charge in [-0.25, -0.2) is 0 Å². The molecule has 0 aromatic carbocycles. The average Bonchev–Trinajstić information content (AvgIpc) is 2.64. The Hall–Kier alpha value is -0.520. The monoisotopic (exact) mass is 214 g/mol. The number of nitrogens with two attached hydrogens (primary N) is 1. The van der Waals surface area contributed by atoms with E-state index >= 15 is 0 Å². The van der Waals surface area contributed by atoms with Crippen LogP contribution in [0.2, 0.25) is 0 Å². The van der Waals surface area contributed by atoms with Gasteiger partial charge in [0.1, 0.15) is 0 Å². The number of hydrazine groups is 1. The lowest BCUT2D eigenvalue weighted by Crippen LogP contribution is -2.27. The quantitative estimate of drug-likeness (QED) is 0.560. The minimum absolute atomic E-state index is 0.216. The van der Waals surface area contributed by atoms with E-state index in [1.54, 1.807) is 6.20 Å². The third kappa shape index (κ3) is 3.69. The molecule has 4 nitrogen and oxygen atoms in total. The Morgan fingerprint density at radius 2 is 2.29 bits per heavy atom. The molecule has 1 rings (SSSR count). The summed E-state index contributed by atoms with van der Waals surface area (Å²) in [6, 6.07) is 0.216. The van der Waals surface area contributed by atoms with Gasteiger partial charge in [0.05, 0.1) is 17.1 Å². The summed E-state index contributed by atoms with van der Waals surface area (Å²) in [5.74, 6) is 6.24. The second-order valence-electron chi connectivity index (χ2n) is 3.86. The number of rotatable bonds is 6. The van der Waals surface area contributed by atoms with E-state index in [1.165, 1.54) is 24.4 Å². The van der Waals surface area contributed by atoms with Crippen LogP contribution in [-0.2, 0) is 0 Å². The molecular weight excluding hydrogens is 196 g/mol. The zero-order valence-corrected chi connectivity index (χ0v) is 9.55. The molecule has 0 aliphatic heterocycles. The van der Waals surface area contributed by atoms with Gasteiger partial charge in [0, 0.05) is 0 Å². The van der Waals surface area contributed by atoms with Crippen molar-refractivity contribution in [3.8, 4) is 0 Å². The average molecular weight is 214 g/mol. The minimum atomic E-state index is 0.216. The molecule has 1 unspecified atom stereocenters. The summed E-state index contributed by atoms with van der Waals surface area (Å²) >= 11 is 1.41. The molecule has 0 bridgehead atoms. The van der Waals surface area contributed by atoms with Gasteiger partial charge >= 0.3 is 0 Å². The van der Waals surface area contributed by atoms with E-state index in [0.717, 1.165) is 17.2 Å². The predicted molar refractivity (Wildman–Crippen MR) is 58.7 cm³/mol. The van der Waals surface area contributed by atoms with E-state index in [2.05, 4.69) is 28.9 Å². The summed E-state index contributed by atoms with van der Waals surface area (Å²) in [5, 5.41) is 3.81. The van der Waals surface area contributed by atoms with Crippen LogP contribution in [-0.4, -0.2) is 9.59 Å². The van der Waals surface area contributed by atoms with Gasteiger partial charge in [-0.2, -0.15) is 0 Å². The molecule has 0 aliphatic carbocycles. The van der Waals surface area contributed by atoms with E-state index < -0.39 is 0 Å². The van der Waals surface area contributed by atoms with Crippen LogP contribution in [0, 0.1) is 5.92 Å². The molecule has 0 saturated carbocycles. The van der Waals surface area contributed by atoms with Crippen molar-refractivity contribution in [1.29, 1.82) is 0 Å². The molecule has 0 fully saturated rings. The topological polar surface area (TPSA) is 63.8 Å². The Labute approximate surface area is 89.0 Å². The maximum absolute atomic E-state index is 5.48. The van der Waals surface area contributed by atoms with Crippen LogP contribution in [0.1, 0.15) is 44.0 Å². The van der Waals surface area contributed by atoms with Crippen molar-refractivity contribution < 1.29 is 0 Å². The highest BCUT2D eigenvalue weighted by atomic mass is 32.1. The molecular formula is C9H18N4S. The molecule has 0 saturated heterocycles. The summed E-state index contributed by atoms with van der Waals surface area (Å²) in [5.41, 5.74) is 2.81. The highest BCUT2D eigenvalue weighted by Gasteiger charge is 2.11. The van der Waals surface area contributed by atoms with Gasteiger partial charge in [-0.05, 0) is 23.9 Å². The third-order valence-electron chi connectivity index (χ3n) is 2.20. The molecule has 0 spiro atoms. The van der Waals surface area contributed by atoms with E-state index in [1.807, 2.05) is 0 Å². The summed E-state index contributed by atoms with van der Waals surface area (Å²) in [4.78, 5) is 1.12. The van der Waals surface area contributed by atoms with Crippen LogP contribution in [0.5, 0.6) is 0 Å². The summed E-state index contributed by atoms with van der Waals surface area (Å²) in [6.45, 7) is 4.47. The van der Waals surface area contributed by atoms with Gasteiger partial charge in [-0.15, -0.1) is 5.10 Å². The van der Waals surface area contributed by atoms with E-state index in [4.69, 9.17) is 5.84 Å². The van der Waals surface area contributed by atoms with Gasteiger partial charge in [0.15, 0.2) is 0 Å². The molecule has 1 aromatic heterocycles. The molecule has 1 atom stereocenters. The van der Waals surface area contributed by atoms with Crippen molar-refractivity contribution in [3.63, 3.8) is 0 Å². The van der Waals surface area contributed by atoms with Crippen molar-refractivity contribution in [2.75, 3.05) is 0 Å². The normalized spacial score (nSPS) is 13.4. The molecule has 0 amide bonds. The molecule has 0 aliphatic rings. The SMILES string of the molecule is CC(C)CCCC(NN)c1cnns1. The van der Waals surface area contributed by atoms with Crippen LogP contribution in [0.4, 0.5) is 0 Å². The van der Waals surface area contributed by atoms with Crippen LogP contribution in [0.3, 0.4) is 0 Å². The standard InChI is InChI=1S/C9H18N4S/c1-7(2)4-3-5-8(12-10)9-6-11-13-14-9/h6-8,12H,3-5,10H2,1-2H3. The van der Waals surface area contributed by atoms with Gasteiger partial charge < -0.3 is 0 Å². The number of hydrogen-bond donors (Lipinski definition) is 2. The van der Waals surface area contributed by atoms with Crippen molar-refractivity contribution in [2.45, 2.75) is 39.2 Å². The summed E-state index contributed by atoms with van der Waals surface area (Å²) < 4.78 is 3.83. The molecule has 0 radical (unpaired) electrons. The van der Waals surface area contributed by atoms with Gasteiger partial charge in [0.2, 0.25) is 0 Å². The lowest BCUT2D eigenvalue weighted by atomic mass is 10.0. The third-order valence-corrected chi connectivity index (χ3v) is 2.97. The first kappa shape index (κ1) is 11.6. The fraction of sp³-hybridized carbons (Fsp3) is 0.778. The van der Waals surface area contributed by atoms with Crippen molar-refractivity contribution in [1.82, 2.24) is 15.0 Å². The molecule has 14 heavy (non-hydrogen) atoms. The number of nitrogens with one attached hydrogen (secondary N) is 1. The van der Waals surface area contributed by atoms with Crippen molar-refractivity contribution in [2.24, 2.45) is 11.8 Å². The Morgan fingerprint density at radius 3 is 2.79 bits per heavy atom. The van der Waals surface area contributed by atoms with E-state index in [9.17, 15) is 0 Å². The minimum Gasteiger partial charge on any atom is -0.271 e. The molecule has 1 aromatic rings.